The minimum atomic E-state index is 0.0187. The lowest BCUT2D eigenvalue weighted by atomic mass is 9.82. The summed E-state index contributed by atoms with van der Waals surface area (Å²) in [6.45, 7) is 4.56. The molecule has 0 aliphatic carbocycles. The number of hydrogen-bond acceptors (Lipinski definition) is 1. The Balaban J connectivity index is 1.48. The summed E-state index contributed by atoms with van der Waals surface area (Å²) < 4.78 is 4.82. The van der Waals surface area contributed by atoms with E-state index in [-0.39, 0.29) is 18.6 Å². The van der Waals surface area contributed by atoms with E-state index in [9.17, 15) is 5.11 Å². The second kappa shape index (κ2) is 7.41. The first-order valence-corrected chi connectivity index (χ1v) is 13.1. The molecule has 2 atom stereocenters. The molecule has 3 nitrogen and oxygen atoms in total. The van der Waals surface area contributed by atoms with E-state index in [4.69, 9.17) is 0 Å². The van der Waals surface area contributed by atoms with Crippen LogP contribution in [0, 0.1) is 6.92 Å². The topological polar surface area (TPSA) is 28.5 Å². The van der Waals surface area contributed by atoms with Crippen LogP contribution in [0.15, 0.2) is 97.2 Å². The number of para-hydroxylation sites is 2. The molecule has 37 heavy (non-hydrogen) atoms. The summed E-state index contributed by atoms with van der Waals surface area (Å²) in [7, 11) is 0. The van der Waals surface area contributed by atoms with Gasteiger partial charge in [0.25, 0.3) is 0 Å². The maximum Gasteiger partial charge on any atom is 0.213 e. The van der Waals surface area contributed by atoms with Crippen LogP contribution in [0.2, 0.25) is 0 Å². The Morgan fingerprint density at radius 2 is 1.49 bits per heavy atom. The molecule has 1 aliphatic rings. The lowest BCUT2D eigenvalue weighted by Gasteiger charge is -2.28. The normalized spacial score (nSPS) is 17.2. The lowest BCUT2D eigenvalue weighted by Crippen LogP contribution is -2.47. The van der Waals surface area contributed by atoms with Crippen molar-refractivity contribution in [2.75, 3.05) is 6.61 Å². The first-order valence-electron chi connectivity index (χ1n) is 13.1. The smallest absolute Gasteiger partial charge is 0.213 e. The largest absolute Gasteiger partial charge is 0.395 e. The van der Waals surface area contributed by atoms with Crippen molar-refractivity contribution in [3.8, 4) is 22.4 Å². The summed E-state index contributed by atoms with van der Waals surface area (Å²) in [5.74, 6) is 0.0187. The number of benzene rings is 4. The van der Waals surface area contributed by atoms with Gasteiger partial charge in [0.1, 0.15) is 0 Å². The molecule has 0 fully saturated rings. The molecule has 178 valence electrons. The van der Waals surface area contributed by atoms with Gasteiger partial charge in [0.2, 0.25) is 5.69 Å². The van der Waals surface area contributed by atoms with Gasteiger partial charge in [-0.3, -0.25) is 0 Å². The molecule has 1 aliphatic heterocycles. The maximum atomic E-state index is 10.7. The van der Waals surface area contributed by atoms with Crippen LogP contribution in [0.1, 0.15) is 30.0 Å². The minimum absolute atomic E-state index is 0.0187. The first kappa shape index (κ1) is 20.9. The summed E-state index contributed by atoms with van der Waals surface area (Å²) >= 11 is 0. The first-order chi connectivity index (χ1) is 18.2. The molecule has 0 spiro atoms. The zero-order valence-corrected chi connectivity index (χ0v) is 20.9. The van der Waals surface area contributed by atoms with Crippen molar-refractivity contribution >= 4 is 38.1 Å². The van der Waals surface area contributed by atoms with Crippen LogP contribution in [0.25, 0.3) is 60.5 Å². The van der Waals surface area contributed by atoms with Gasteiger partial charge in [-0.2, -0.15) is 4.57 Å². The zero-order valence-electron chi connectivity index (χ0n) is 20.9. The molecule has 0 bridgehead atoms. The van der Waals surface area contributed by atoms with E-state index in [0.29, 0.717) is 0 Å². The van der Waals surface area contributed by atoms with Gasteiger partial charge in [0.15, 0.2) is 12.2 Å². The monoisotopic (exact) mass is 479 g/mol. The molecular formula is C34H27N2O+. The minimum Gasteiger partial charge on any atom is -0.395 e. The standard InChI is InChI=1S/C34H27N2O/c1-20-15-32-28-16-27-25-13-8-12-24-23-11-6-7-14-31(23)36(34(24)25)33(27)17-26(28)30(19-37)21(2)35(32)18-29(20)22-9-4-3-5-10-22/h3-18,21,30,37H,19H2,1-2H3/q+1. The van der Waals surface area contributed by atoms with Crippen LogP contribution in [0.3, 0.4) is 0 Å². The second-order valence-corrected chi connectivity index (χ2v) is 10.6. The Kier molecular flexibility index (Phi) is 4.19. The maximum absolute atomic E-state index is 10.7. The third-order valence-electron chi connectivity index (χ3n) is 8.70. The van der Waals surface area contributed by atoms with Crippen molar-refractivity contribution in [3.05, 3.63) is 108 Å². The highest BCUT2D eigenvalue weighted by Crippen LogP contribution is 2.45. The van der Waals surface area contributed by atoms with Gasteiger partial charge < -0.3 is 9.51 Å². The summed E-state index contributed by atoms with van der Waals surface area (Å²) in [6, 6.07) is 33.2. The quantitative estimate of drug-likeness (QED) is 0.257. The van der Waals surface area contributed by atoms with Crippen LogP contribution >= 0.6 is 0 Å². The molecule has 4 heterocycles. The highest BCUT2D eigenvalue weighted by atomic mass is 16.3. The molecule has 0 radical (unpaired) electrons. The molecule has 0 saturated carbocycles. The van der Waals surface area contributed by atoms with Gasteiger partial charge in [-0.15, -0.1) is 0 Å². The van der Waals surface area contributed by atoms with Crippen molar-refractivity contribution in [1.82, 2.24) is 4.40 Å². The SMILES string of the molecule is Cc1cc2[n+](cc1-c1ccccc1)C(C)C(CO)c1cc3c(cc1-2)c1cccc2c4ccccc4n3c21. The number of pyridine rings is 1. The zero-order chi connectivity index (χ0) is 24.8. The number of nitrogens with zero attached hydrogens (tertiary/aromatic N) is 2. The van der Waals surface area contributed by atoms with Crippen molar-refractivity contribution < 1.29 is 9.67 Å². The van der Waals surface area contributed by atoms with E-state index >= 15 is 0 Å². The average molecular weight is 480 g/mol. The van der Waals surface area contributed by atoms with Gasteiger partial charge in [0, 0.05) is 33.2 Å². The number of aryl methyl sites for hydroxylation is 1. The van der Waals surface area contributed by atoms with Crippen molar-refractivity contribution in [3.63, 3.8) is 0 Å². The molecule has 0 saturated heterocycles. The fourth-order valence-electron chi connectivity index (χ4n) is 6.87. The number of hydrogen-bond donors (Lipinski definition) is 1. The number of aliphatic hydroxyl groups is 1. The molecular weight excluding hydrogens is 452 g/mol. The Morgan fingerprint density at radius 1 is 0.757 bits per heavy atom. The van der Waals surface area contributed by atoms with Gasteiger partial charge >= 0.3 is 0 Å². The van der Waals surface area contributed by atoms with Gasteiger partial charge in [0.05, 0.1) is 34.6 Å². The highest BCUT2D eigenvalue weighted by molar-refractivity contribution is 6.23. The summed E-state index contributed by atoms with van der Waals surface area (Å²) in [6.07, 6.45) is 2.29. The number of aromatic nitrogens is 2. The summed E-state index contributed by atoms with van der Waals surface area (Å²) in [5, 5.41) is 15.8. The lowest BCUT2D eigenvalue weighted by molar-refractivity contribution is -0.714. The molecule has 2 unspecified atom stereocenters. The third kappa shape index (κ3) is 2.67. The van der Waals surface area contributed by atoms with E-state index in [1.54, 1.807) is 0 Å². The van der Waals surface area contributed by atoms with E-state index < -0.39 is 0 Å². The van der Waals surface area contributed by atoms with E-state index in [1.165, 1.54) is 71.6 Å². The fraction of sp³-hybridized carbons (Fsp3) is 0.147. The molecule has 3 heteroatoms. The Hall–Kier alpha value is -4.21. The molecule has 7 aromatic rings. The summed E-state index contributed by atoms with van der Waals surface area (Å²) in [5.41, 5.74) is 11.2. The highest BCUT2D eigenvalue weighted by Gasteiger charge is 2.38. The van der Waals surface area contributed by atoms with Crippen LogP contribution in [0.5, 0.6) is 0 Å². The average Bonchev–Trinajstić information content (AvgIpc) is 3.45. The molecule has 0 amide bonds. The number of rotatable bonds is 2. The molecule has 4 aromatic carbocycles. The van der Waals surface area contributed by atoms with Crippen molar-refractivity contribution in [2.45, 2.75) is 25.8 Å². The predicted molar refractivity (Wildman–Crippen MR) is 151 cm³/mol. The predicted octanol–water partition coefficient (Wildman–Crippen LogP) is 7.42. The summed E-state index contributed by atoms with van der Waals surface area (Å²) in [4.78, 5) is 0. The Morgan fingerprint density at radius 3 is 2.30 bits per heavy atom. The second-order valence-electron chi connectivity index (χ2n) is 10.6. The van der Waals surface area contributed by atoms with Crippen molar-refractivity contribution in [2.24, 2.45) is 0 Å². The van der Waals surface area contributed by atoms with Crippen LogP contribution < -0.4 is 4.57 Å². The van der Waals surface area contributed by atoms with E-state index in [0.717, 1.165) is 0 Å². The van der Waals surface area contributed by atoms with Crippen LogP contribution in [0.4, 0.5) is 0 Å². The fourth-order valence-corrected chi connectivity index (χ4v) is 6.87. The van der Waals surface area contributed by atoms with E-state index in [2.05, 4.69) is 120 Å². The van der Waals surface area contributed by atoms with E-state index in [1.807, 2.05) is 0 Å². The molecule has 1 N–H and O–H groups in total. The van der Waals surface area contributed by atoms with Crippen LogP contribution in [-0.2, 0) is 0 Å². The van der Waals surface area contributed by atoms with Crippen molar-refractivity contribution in [1.29, 1.82) is 0 Å². The number of aliphatic hydroxyl groups excluding tert-OH is 1. The molecule has 3 aromatic heterocycles. The Bertz CT molecular complexity index is 2000. The molecule has 8 rings (SSSR count). The van der Waals surface area contributed by atoms with Gasteiger partial charge in [-0.25, -0.2) is 0 Å². The third-order valence-corrected chi connectivity index (χ3v) is 8.70. The number of fused-ring (bicyclic) bond motifs is 9. The Labute approximate surface area is 215 Å². The van der Waals surface area contributed by atoms with Crippen LogP contribution in [-0.4, -0.2) is 16.1 Å². The van der Waals surface area contributed by atoms with Gasteiger partial charge in [-0.05, 0) is 48.7 Å². The van der Waals surface area contributed by atoms with Gasteiger partial charge in [-0.1, -0.05) is 66.7 Å².